The number of carboxylic acid groups (broad SMARTS) is 1. The van der Waals surface area contributed by atoms with Gasteiger partial charge in [0.1, 0.15) is 6.04 Å². The van der Waals surface area contributed by atoms with E-state index in [1.54, 1.807) is 6.07 Å². The predicted molar refractivity (Wildman–Crippen MR) is 76.6 cm³/mol. The van der Waals surface area contributed by atoms with Gasteiger partial charge in [0.2, 0.25) is 5.91 Å². The first-order valence-electron chi connectivity index (χ1n) is 6.71. The first-order chi connectivity index (χ1) is 9.29. The molecule has 1 heterocycles. The Morgan fingerprint density at radius 2 is 2.05 bits per heavy atom. The molecule has 1 atom stereocenters. The molecule has 0 spiro atoms. The lowest BCUT2D eigenvalue weighted by molar-refractivity contribution is -0.139. The highest BCUT2D eigenvalue weighted by Crippen LogP contribution is 2.33. The number of fused-ring (bicyclic) bond motifs is 1. The van der Waals surface area contributed by atoms with Gasteiger partial charge in [-0.15, -0.1) is 0 Å². The van der Waals surface area contributed by atoms with Gasteiger partial charge in [-0.05, 0) is 31.9 Å². The van der Waals surface area contributed by atoms with Crippen molar-refractivity contribution >= 4 is 17.6 Å². The molecule has 0 aliphatic carbocycles. The van der Waals surface area contributed by atoms with Crippen LogP contribution in [0.15, 0.2) is 24.3 Å². The summed E-state index contributed by atoms with van der Waals surface area (Å²) in [4.78, 5) is 25.2. The smallest absolute Gasteiger partial charge is 0.327 e. The molecule has 1 unspecified atom stereocenters. The number of amides is 1. The van der Waals surface area contributed by atoms with Crippen molar-refractivity contribution in [1.82, 2.24) is 0 Å². The molecule has 1 aliphatic heterocycles. The largest absolute Gasteiger partial charge is 0.480 e. The van der Waals surface area contributed by atoms with E-state index in [1.165, 1.54) is 4.90 Å². The van der Waals surface area contributed by atoms with Gasteiger partial charge in [0, 0.05) is 24.1 Å². The Bertz CT molecular complexity index is 534. The van der Waals surface area contributed by atoms with Crippen LogP contribution in [0.5, 0.6) is 0 Å². The lowest BCUT2D eigenvalue weighted by atomic mass is 9.99. The second-order valence-electron chi connectivity index (χ2n) is 5.94. The van der Waals surface area contributed by atoms with Gasteiger partial charge in [-0.1, -0.05) is 18.2 Å². The van der Waals surface area contributed by atoms with Crippen LogP contribution in [0, 0.1) is 0 Å². The van der Waals surface area contributed by atoms with E-state index >= 15 is 0 Å². The van der Waals surface area contributed by atoms with E-state index < -0.39 is 17.6 Å². The number of nitrogens with two attached hydrogens (primary N) is 1. The normalized spacial score (nSPS) is 17.9. The number of carboxylic acids is 1. The molecule has 0 radical (unpaired) electrons. The summed E-state index contributed by atoms with van der Waals surface area (Å²) in [5, 5.41) is 9.31. The third kappa shape index (κ3) is 2.99. The number of carbonyl (C=O) groups is 2. The molecule has 1 aromatic carbocycles. The Kier molecular flexibility index (Phi) is 3.81. The van der Waals surface area contributed by atoms with Gasteiger partial charge < -0.3 is 10.8 Å². The molecule has 1 amide bonds. The van der Waals surface area contributed by atoms with Gasteiger partial charge in [0.05, 0.1) is 0 Å². The van der Waals surface area contributed by atoms with Crippen molar-refractivity contribution in [2.75, 3.05) is 4.90 Å². The Balaban J connectivity index is 2.22. The molecule has 5 heteroatoms. The molecule has 2 rings (SSSR count). The van der Waals surface area contributed by atoms with E-state index in [1.807, 2.05) is 32.0 Å². The molecule has 108 valence electrons. The lowest BCUT2D eigenvalue weighted by Crippen LogP contribution is -2.44. The minimum Gasteiger partial charge on any atom is -0.480 e. The number of carbonyl (C=O) groups excluding carboxylic acids is 1. The molecule has 0 fully saturated rings. The number of para-hydroxylation sites is 1. The maximum atomic E-state index is 12.4. The zero-order chi connectivity index (χ0) is 14.9. The quantitative estimate of drug-likeness (QED) is 0.874. The van der Waals surface area contributed by atoms with Gasteiger partial charge in [-0.3, -0.25) is 9.69 Å². The SMILES string of the molecule is CC(C)(N)CCC(=O)N1c2ccccc2CC1C(=O)O. The average Bonchev–Trinajstić information content (AvgIpc) is 2.74. The van der Waals surface area contributed by atoms with Crippen molar-refractivity contribution in [2.24, 2.45) is 5.73 Å². The lowest BCUT2D eigenvalue weighted by Gasteiger charge is -2.25. The standard InChI is InChI=1S/C15H20N2O3/c1-15(2,16)8-7-13(18)17-11-6-4-3-5-10(11)9-12(17)14(19)20/h3-6,12H,7-9,16H2,1-2H3,(H,19,20). The van der Waals surface area contributed by atoms with E-state index in [9.17, 15) is 14.7 Å². The maximum Gasteiger partial charge on any atom is 0.327 e. The summed E-state index contributed by atoms with van der Waals surface area (Å²) in [6.45, 7) is 3.71. The molecule has 3 N–H and O–H groups in total. The molecule has 0 aromatic heterocycles. The van der Waals surface area contributed by atoms with Gasteiger partial charge in [0.25, 0.3) is 0 Å². The molecular weight excluding hydrogens is 256 g/mol. The third-order valence-electron chi connectivity index (χ3n) is 3.51. The number of anilines is 1. The highest BCUT2D eigenvalue weighted by Gasteiger charge is 2.38. The fraction of sp³-hybridized carbons (Fsp3) is 0.467. The summed E-state index contributed by atoms with van der Waals surface area (Å²) in [7, 11) is 0. The molecule has 0 bridgehead atoms. The number of hydrogen-bond acceptors (Lipinski definition) is 3. The highest BCUT2D eigenvalue weighted by atomic mass is 16.4. The number of benzene rings is 1. The number of rotatable bonds is 4. The van der Waals surface area contributed by atoms with E-state index in [4.69, 9.17) is 5.73 Å². The molecule has 0 saturated carbocycles. The predicted octanol–water partition coefficient (Wildman–Crippen LogP) is 1.55. The third-order valence-corrected chi connectivity index (χ3v) is 3.51. The average molecular weight is 276 g/mol. The van der Waals surface area contributed by atoms with Crippen molar-refractivity contribution in [1.29, 1.82) is 0 Å². The van der Waals surface area contributed by atoms with Crippen LogP contribution in [0.25, 0.3) is 0 Å². The van der Waals surface area contributed by atoms with Crippen LogP contribution >= 0.6 is 0 Å². The van der Waals surface area contributed by atoms with Crippen LogP contribution in [0.3, 0.4) is 0 Å². The van der Waals surface area contributed by atoms with Crippen molar-refractivity contribution in [2.45, 2.75) is 44.7 Å². The molecule has 1 aliphatic rings. The summed E-state index contributed by atoms with van der Waals surface area (Å²) < 4.78 is 0. The van der Waals surface area contributed by atoms with E-state index in [0.717, 1.165) is 5.56 Å². The van der Waals surface area contributed by atoms with Crippen LogP contribution in [-0.4, -0.2) is 28.6 Å². The monoisotopic (exact) mass is 276 g/mol. The zero-order valence-corrected chi connectivity index (χ0v) is 11.8. The van der Waals surface area contributed by atoms with Gasteiger partial charge >= 0.3 is 5.97 Å². The summed E-state index contributed by atoms with van der Waals surface area (Å²) in [5.41, 5.74) is 7.06. The molecular formula is C15H20N2O3. The molecule has 1 aromatic rings. The van der Waals surface area contributed by atoms with Crippen LogP contribution < -0.4 is 10.6 Å². The Morgan fingerprint density at radius 3 is 2.65 bits per heavy atom. The number of nitrogens with zero attached hydrogens (tertiary/aromatic N) is 1. The summed E-state index contributed by atoms with van der Waals surface area (Å²) in [6, 6.07) is 6.53. The second-order valence-corrected chi connectivity index (χ2v) is 5.94. The molecule has 0 saturated heterocycles. The molecule has 20 heavy (non-hydrogen) atoms. The Labute approximate surface area is 118 Å². The van der Waals surface area contributed by atoms with Crippen LogP contribution in [0.2, 0.25) is 0 Å². The minimum absolute atomic E-state index is 0.180. The highest BCUT2D eigenvalue weighted by molar-refractivity contribution is 6.01. The van der Waals surface area contributed by atoms with E-state index in [0.29, 0.717) is 18.5 Å². The topological polar surface area (TPSA) is 83.6 Å². The maximum absolute atomic E-state index is 12.4. The van der Waals surface area contributed by atoms with Crippen LogP contribution in [0.4, 0.5) is 5.69 Å². The number of hydrogen-bond donors (Lipinski definition) is 2. The molecule has 5 nitrogen and oxygen atoms in total. The van der Waals surface area contributed by atoms with Crippen molar-refractivity contribution in [3.05, 3.63) is 29.8 Å². The Morgan fingerprint density at radius 1 is 1.40 bits per heavy atom. The van der Waals surface area contributed by atoms with Crippen LogP contribution in [0.1, 0.15) is 32.3 Å². The fourth-order valence-electron chi connectivity index (χ4n) is 2.44. The summed E-state index contributed by atoms with van der Waals surface area (Å²) in [6.07, 6.45) is 1.14. The van der Waals surface area contributed by atoms with Crippen molar-refractivity contribution in [3.63, 3.8) is 0 Å². The first kappa shape index (κ1) is 14.5. The van der Waals surface area contributed by atoms with E-state index in [-0.39, 0.29) is 12.3 Å². The van der Waals surface area contributed by atoms with Crippen LogP contribution in [-0.2, 0) is 16.0 Å². The number of aliphatic carboxylic acids is 1. The summed E-state index contributed by atoms with van der Waals surface area (Å²) in [5.74, 6) is -1.15. The fourth-order valence-corrected chi connectivity index (χ4v) is 2.44. The van der Waals surface area contributed by atoms with Gasteiger partial charge in [-0.25, -0.2) is 4.79 Å². The zero-order valence-electron chi connectivity index (χ0n) is 11.8. The van der Waals surface area contributed by atoms with Gasteiger partial charge in [-0.2, -0.15) is 0 Å². The van der Waals surface area contributed by atoms with E-state index in [2.05, 4.69) is 0 Å². The first-order valence-corrected chi connectivity index (χ1v) is 6.71. The van der Waals surface area contributed by atoms with Crippen molar-refractivity contribution < 1.29 is 14.7 Å². The van der Waals surface area contributed by atoms with Crippen molar-refractivity contribution in [3.8, 4) is 0 Å². The second kappa shape index (κ2) is 5.25. The van der Waals surface area contributed by atoms with Gasteiger partial charge in [0.15, 0.2) is 0 Å². The Hall–Kier alpha value is -1.88. The summed E-state index contributed by atoms with van der Waals surface area (Å²) >= 11 is 0. The minimum atomic E-state index is -0.971.